The lowest BCUT2D eigenvalue weighted by atomic mass is 9.92. The molecule has 11 heavy (non-hydrogen) atoms. The van der Waals surface area contributed by atoms with E-state index in [2.05, 4.69) is 12.2 Å². The molecular weight excluding hydrogens is 138 g/mol. The Morgan fingerprint density at radius 3 is 2.91 bits per heavy atom. The Labute approximate surface area is 68.4 Å². The summed E-state index contributed by atoms with van der Waals surface area (Å²) in [7, 11) is 0. The molecule has 1 N–H and O–H groups in total. The van der Waals surface area contributed by atoms with Crippen molar-refractivity contribution in [3.63, 3.8) is 0 Å². The molecule has 1 saturated heterocycles. The summed E-state index contributed by atoms with van der Waals surface area (Å²) in [4.78, 5) is 11.5. The van der Waals surface area contributed by atoms with Crippen LogP contribution >= 0.6 is 0 Å². The molecule has 1 heterocycles. The van der Waals surface area contributed by atoms with Gasteiger partial charge in [0.05, 0.1) is 0 Å². The van der Waals surface area contributed by atoms with E-state index in [1.54, 1.807) is 0 Å². The van der Waals surface area contributed by atoms with Gasteiger partial charge in [-0.05, 0) is 19.4 Å². The van der Waals surface area contributed by atoms with Crippen LogP contribution in [-0.4, -0.2) is 18.9 Å². The van der Waals surface area contributed by atoms with Crippen molar-refractivity contribution in [3.8, 4) is 0 Å². The molecule has 2 atom stereocenters. The van der Waals surface area contributed by atoms with E-state index in [0.717, 1.165) is 25.9 Å². The monoisotopic (exact) mass is 155 g/mol. The lowest BCUT2D eigenvalue weighted by Crippen LogP contribution is -2.23. The number of carbonyl (C=O) groups excluding carboxylic acids is 1. The van der Waals surface area contributed by atoms with Crippen LogP contribution < -0.4 is 5.32 Å². The maximum atomic E-state index is 11.5. The first-order valence-electron chi connectivity index (χ1n) is 4.50. The minimum absolute atomic E-state index is 0.264. The van der Waals surface area contributed by atoms with Crippen LogP contribution in [0.25, 0.3) is 0 Å². The molecular formula is C9H17NO. The van der Waals surface area contributed by atoms with E-state index in [9.17, 15) is 4.79 Å². The van der Waals surface area contributed by atoms with Gasteiger partial charge in [-0.15, -0.1) is 0 Å². The molecule has 0 spiro atoms. The van der Waals surface area contributed by atoms with E-state index in [-0.39, 0.29) is 5.92 Å². The number of nitrogens with one attached hydrogen (secondary N) is 1. The first-order valence-corrected chi connectivity index (χ1v) is 4.50. The predicted molar refractivity (Wildman–Crippen MR) is 45.4 cm³/mol. The highest BCUT2D eigenvalue weighted by Gasteiger charge is 2.25. The van der Waals surface area contributed by atoms with Gasteiger partial charge in [0.2, 0.25) is 0 Å². The molecule has 1 aliphatic rings. The molecule has 64 valence electrons. The highest BCUT2D eigenvalue weighted by atomic mass is 16.1. The first kappa shape index (κ1) is 8.72. The Bertz CT molecular complexity index is 138. The summed E-state index contributed by atoms with van der Waals surface area (Å²) >= 11 is 0. The van der Waals surface area contributed by atoms with Crippen LogP contribution in [0.4, 0.5) is 0 Å². The molecule has 1 rings (SSSR count). The zero-order valence-corrected chi connectivity index (χ0v) is 7.39. The Kier molecular flexibility index (Phi) is 3.06. The molecule has 1 unspecified atom stereocenters. The van der Waals surface area contributed by atoms with Gasteiger partial charge < -0.3 is 5.32 Å². The van der Waals surface area contributed by atoms with Gasteiger partial charge in [0, 0.05) is 18.4 Å². The van der Waals surface area contributed by atoms with Crippen molar-refractivity contribution < 1.29 is 4.79 Å². The Morgan fingerprint density at radius 1 is 1.73 bits per heavy atom. The molecule has 0 bridgehead atoms. The van der Waals surface area contributed by atoms with Crippen molar-refractivity contribution in [2.45, 2.75) is 26.7 Å². The van der Waals surface area contributed by atoms with Crippen molar-refractivity contribution in [2.24, 2.45) is 11.8 Å². The summed E-state index contributed by atoms with van der Waals surface area (Å²) in [5.41, 5.74) is 0. The molecule has 0 radical (unpaired) electrons. The van der Waals surface area contributed by atoms with Crippen molar-refractivity contribution in [1.82, 2.24) is 5.32 Å². The molecule has 0 aromatic heterocycles. The number of Topliss-reactive ketones (excluding diaryl/α,β-unsaturated/α-hetero) is 1. The Balaban J connectivity index is 2.39. The highest BCUT2D eigenvalue weighted by molar-refractivity contribution is 5.83. The van der Waals surface area contributed by atoms with Gasteiger partial charge in [0.15, 0.2) is 0 Å². The third-order valence-corrected chi connectivity index (χ3v) is 2.56. The fourth-order valence-corrected chi connectivity index (χ4v) is 1.50. The first-order chi connectivity index (χ1) is 5.25. The van der Waals surface area contributed by atoms with Crippen molar-refractivity contribution >= 4 is 5.78 Å². The number of rotatable bonds is 3. The second-order valence-corrected chi connectivity index (χ2v) is 3.40. The van der Waals surface area contributed by atoms with Crippen LogP contribution in [0.1, 0.15) is 26.7 Å². The molecule has 0 aliphatic carbocycles. The smallest absolute Gasteiger partial charge is 0.140 e. The van der Waals surface area contributed by atoms with Crippen LogP contribution in [0.5, 0.6) is 0 Å². The number of ketones is 1. The lowest BCUT2D eigenvalue weighted by molar-refractivity contribution is -0.125. The number of carbonyl (C=O) groups is 1. The van der Waals surface area contributed by atoms with Crippen LogP contribution in [0.15, 0.2) is 0 Å². The van der Waals surface area contributed by atoms with Crippen molar-refractivity contribution in [2.75, 3.05) is 13.1 Å². The maximum Gasteiger partial charge on any atom is 0.140 e. The lowest BCUT2D eigenvalue weighted by Gasteiger charge is -2.11. The van der Waals surface area contributed by atoms with Gasteiger partial charge in [-0.1, -0.05) is 13.8 Å². The van der Waals surface area contributed by atoms with Gasteiger partial charge in [0.25, 0.3) is 0 Å². The fourth-order valence-electron chi connectivity index (χ4n) is 1.50. The second-order valence-electron chi connectivity index (χ2n) is 3.40. The molecule has 1 fully saturated rings. The van der Waals surface area contributed by atoms with E-state index in [1.807, 2.05) is 6.92 Å². The van der Waals surface area contributed by atoms with Gasteiger partial charge >= 0.3 is 0 Å². The summed E-state index contributed by atoms with van der Waals surface area (Å²) in [5.74, 6) is 1.03. The second kappa shape index (κ2) is 3.86. The van der Waals surface area contributed by atoms with E-state index < -0.39 is 0 Å². The average Bonchev–Trinajstić information content (AvgIpc) is 2.53. The summed E-state index contributed by atoms with van der Waals surface area (Å²) in [6.45, 7) is 6.03. The fraction of sp³-hybridized carbons (Fsp3) is 0.889. The predicted octanol–water partition coefficient (Wildman–Crippen LogP) is 1.21. The van der Waals surface area contributed by atoms with Gasteiger partial charge in [-0.3, -0.25) is 4.79 Å². The maximum absolute atomic E-state index is 11.5. The third kappa shape index (κ3) is 2.03. The molecule has 0 saturated carbocycles. The van der Waals surface area contributed by atoms with Crippen molar-refractivity contribution in [1.29, 1.82) is 0 Å². The Morgan fingerprint density at radius 2 is 2.45 bits per heavy atom. The number of hydrogen-bond donors (Lipinski definition) is 1. The largest absolute Gasteiger partial charge is 0.316 e. The standard InChI is InChI=1S/C9H17NO/c1-3-7(2)9(11)8-4-5-10-6-8/h7-8,10H,3-6H2,1-2H3/t7?,8-/m1/s1. The van der Waals surface area contributed by atoms with E-state index in [4.69, 9.17) is 0 Å². The SMILES string of the molecule is CCC(C)C(=O)[C@@H]1CCNC1. The normalized spacial score (nSPS) is 26.9. The summed E-state index contributed by atoms with van der Waals surface area (Å²) < 4.78 is 0. The van der Waals surface area contributed by atoms with Crippen LogP contribution in [0, 0.1) is 11.8 Å². The van der Waals surface area contributed by atoms with Crippen LogP contribution in [0.2, 0.25) is 0 Å². The molecule has 0 amide bonds. The third-order valence-electron chi connectivity index (χ3n) is 2.56. The Hall–Kier alpha value is -0.370. The molecule has 0 aromatic carbocycles. The molecule has 2 nitrogen and oxygen atoms in total. The average molecular weight is 155 g/mol. The van der Waals surface area contributed by atoms with E-state index in [1.165, 1.54) is 0 Å². The minimum atomic E-state index is 0.264. The minimum Gasteiger partial charge on any atom is -0.316 e. The zero-order valence-electron chi connectivity index (χ0n) is 7.39. The van der Waals surface area contributed by atoms with Crippen LogP contribution in [0.3, 0.4) is 0 Å². The van der Waals surface area contributed by atoms with E-state index in [0.29, 0.717) is 11.7 Å². The summed E-state index contributed by atoms with van der Waals surface area (Å²) in [6, 6.07) is 0. The highest BCUT2D eigenvalue weighted by Crippen LogP contribution is 2.16. The molecule has 0 aromatic rings. The van der Waals surface area contributed by atoms with E-state index >= 15 is 0 Å². The van der Waals surface area contributed by atoms with Gasteiger partial charge in [-0.25, -0.2) is 0 Å². The topological polar surface area (TPSA) is 29.1 Å². The molecule has 1 aliphatic heterocycles. The zero-order chi connectivity index (χ0) is 8.27. The van der Waals surface area contributed by atoms with Crippen LogP contribution in [-0.2, 0) is 4.79 Å². The summed E-state index contributed by atoms with van der Waals surface area (Å²) in [5, 5.41) is 3.21. The summed E-state index contributed by atoms with van der Waals surface area (Å²) in [6.07, 6.45) is 2.03. The van der Waals surface area contributed by atoms with Gasteiger partial charge in [-0.2, -0.15) is 0 Å². The quantitative estimate of drug-likeness (QED) is 0.663. The number of hydrogen-bond acceptors (Lipinski definition) is 2. The van der Waals surface area contributed by atoms with Crippen molar-refractivity contribution in [3.05, 3.63) is 0 Å². The molecule has 2 heteroatoms. The van der Waals surface area contributed by atoms with Gasteiger partial charge in [0.1, 0.15) is 5.78 Å².